The standard InChI is InChI=1S/C16H30O7/c1-3-5-6-7-8-9-12(17)22-10-11-13(18)14(19)15(20)16(23-11)21-4-2/h11,13-16,18-20H,3-10H2,1-2H3/t11-,13+,14+,15-,16?/m1/s1. The molecule has 7 heteroatoms. The van der Waals surface area contributed by atoms with E-state index in [2.05, 4.69) is 6.92 Å². The molecule has 23 heavy (non-hydrogen) atoms. The Morgan fingerprint density at radius 3 is 2.35 bits per heavy atom. The van der Waals surface area contributed by atoms with Gasteiger partial charge in [0.25, 0.3) is 0 Å². The van der Waals surface area contributed by atoms with Crippen LogP contribution in [0.4, 0.5) is 0 Å². The monoisotopic (exact) mass is 334 g/mol. The van der Waals surface area contributed by atoms with Crippen LogP contribution in [-0.2, 0) is 19.0 Å². The molecule has 1 heterocycles. The predicted molar refractivity (Wildman–Crippen MR) is 82.6 cm³/mol. The number of hydrogen-bond acceptors (Lipinski definition) is 7. The number of ether oxygens (including phenoxy) is 3. The zero-order valence-electron chi connectivity index (χ0n) is 14.0. The molecule has 1 aliphatic rings. The number of unbranched alkanes of at least 4 members (excludes halogenated alkanes) is 4. The van der Waals surface area contributed by atoms with Crippen molar-refractivity contribution in [1.82, 2.24) is 0 Å². The highest BCUT2D eigenvalue weighted by Crippen LogP contribution is 2.22. The third kappa shape index (κ3) is 6.73. The van der Waals surface area contributed by atoms with Crippen LogP contribution < -0.4 is 0 Å². The molecule has 0 aromatic rings. The molecule has 1 aliphatic heterocycles. The number of carbonyl (C=O) groups is 1. The average Bonchev–Trinajstić information content (AvgIpc) is 2.54. The van der Waals surface area contributed by atoms with Crippen molar-refractivity contribution in [3.05, 3.63) is 0 Å². The Hall–Kier alpha value is -0.730. The first kappa shape index (κ1) is 20.3. The normalized spacial score (nSPS) is 31.1. The van der Waals surface area contributed by atoms with Crippen molar-refractivity contribution >= 4 is 5.97 Å². The van der Waals surface area contributed by atoms with Crippen LogP contribution in [0.5, 0.6) is 0 Å². The fraction of sp³-hybridized carbons (Fsp3) is 0.938. The van der Waals surface area contributed by atoms with Crippen molar-refractivity contribution in [2.75, 3.05) is 13.2 Å². The molecule has 7 nitrogen and oxygen atoms in total. The summed E-state index contributed by atoms with van der Waals surface area (Å²) in [6.45, 7) is 3.96. The summed E-state index contributed by atoms with van der Waals surface area (Å²) in [6, 6.07) is 0. The Labute approximate surface area is 137 Å². The Kier molecular flexibility index (Phi) is 9.66. The van der Waals surface area contributed by atoms with Gasteiger partial charge in [0, 0.05) is 13.0 Å². The van der Waals surface area contributed by atoms with Gasteiger partial charge in [-0.1, -0.05) is 32.6 Å². The molecular weight excluding hydrogens is 304 g/mol. The zero-order chi connectivity index (χ0) is 17.2. The first-order valence-corrected chi connectivity index (χ1v) is 8.48. The highest BCUT2D eigenvalue weighted by Gasteiger charge is 2.44. The molecule has 1 fully saturated rings. The van der Waals surface area contributed by atoms with Crippen LogP contribution in [0, 0.1) is 0 Å². The van der Waals surface area contributed by atoms with E-state index in [0.29, 0.717) is 6.42 Å². The van der Waals surface area contributed by atoms with Crippen LogP contribution in [-0.4, -0.2) is 65.2 Å². The number of carbonyl (C=O) groups excluding carboxylic acids is 1. The first-order chi connectivity index (χ1) is 11.0. The fourth-order valence-corrected chi connectivity index (χ4v) is 2.48. The van der Waals surface area contributed by atoms with Crippen LogP contribution >= 0.6 is 0 Å². The highest BCUT2D eigenvalue weighted by atomic mass is 16.7. The second-order valence-corrected chi connectivity index (χ2v) is 5.82. The molecule has 0 saturated carbocycles. The highest BCUT2D eigenvalue weighted by molar-refractivity contribution is 5.69. The van der Waals surface area contributed by atoms with Gasteiger partial charge in [0.15, 0.2) is 6.29 Å². The maximum absolute atomic E-state index is 11.7. The van der Waals surface area contributed by atoms with Crippen LogP contribution in [0.25, 0.3) is 0 Å². The lowest BCUT2D eigenvalue weighted by molar-refractivity contribution is -0.300. The molecule has 0 bridgehead atoms. The molecule has 0 aliphatic carbocycles. The number of aliphatic hydroxyl groups is 3. The summed E-state index contributed by atoms with van der Waals surface area (Å²) in [4.78, 5) is 11.7. The number of esters is 1. The maximum atomic E-state index is 11.7. The molecule has 0 aromatic heterocycles. The summed E-state index contributed by atoms with van der Waals surface area (Å²) in [5, 5.41) is 29.5. The van der Waals surface area contributed by atoms with Gasteiger partial charge in [-0.3, -0.25) is 4.79 Å². The van der Waals surface area contributed by atoms with Gasteiger partial charge in [0.05, 0.1) is 0 Å². The van der Waals surface area contributed by atoms with Crippen molar-refractivity contribution in [1.29, 1.82) is 0 Å². The smallest absolute Gasteiger partial charge is 0.305 e. The van der Waals surface area contributed by atoms with Gasteiger partial charge in [0.2, 0.25) is 0 Å². The Morgan fingerprint density at radius 2 is 1.70 bits per heavy atom. The van der Waals surface area contributed by atoms with Gasteiger partial charge in [-0.2, -0.15) is 0 Å². The zero-order valence-corrected chi connectivity index (χ0v) is 14.0. The largest absolute Gasteiger partial charge is 0.463 e. The Balaban J connectivity index is 2.32. The maximum Gasteiger partial charge on any atom is 0.305 e. The summed E-state index contributed by atoms with van der Waals surface area (Å²) < 4.78 is 15.6. The van der Waals surface area contributed by atoms with Gasteiger partial charge < -0.3 is 29.5 Å². The second kappa shape index (κ2) is 10.9. The number of rotatable bonds is 10. The molecular formula is C16H30O7. The van der Waals surface area contributed by atoms with Gasteiger partial charge in [-0.05, 0) is 13.3 Å². The summed E-state index contributed by atoms with van der Waals surface area (Å²) in [7, 11) is 0. The minimum Gasteiger partial charge on any atom is -0.463 e. The Bertz CT molecular complexity index is 336. The molecule has 5 atom stereocenters. The molecule has 1 unspecified atom stereocenters. The first-order valence-electron chi connectivity index (χ1n) is 8.48. The van der Waals surface area contributed by atoms with Crippen LogP contribution in [0.2, 0.25) is 0 Å². The average molecular weight is 334 g/mol. The van der Waals surface area contributed by atoms with Crippen molar-refractivity contribution in [3.63, 3.8) is 0 Å². The molecule has 1 saturated heterocycles. The SMILES string of the molecule is CCCCCCCC(=O)OC[C@H]1OC(OCC)[C@H](O)[C@@H](O)[C@H]1O. The van der Waals surface area contributed by atoms with Gasteiger partial charge >= 0.3 is 5.97 Å². The van der Waals surface area contributed by atoms with Gasteiger partial charge in [-0.15, -0.1) is 0 Å². The lowest BCUT2D eigenvalue weighted by Crippen LogP contribution is -2.59. The number of aliphatic hydroxyl groups excluding tert-OH is 3. The summed E-state index contributed by atoms with van der Waals surface area (Å²) in [6.07, 6.45) is -0.538. The quantitative estimate of drug-likeness (QED) is 0.399. The van der Waals surface area contributed by atoms with E-state index in [-0.39, 0.29) is 19.2 Å². The van der Waals surface area contributed by atoms with Crippen molar-refractivity contribution in [3.8, 4) is 0 Å². The van der Waals surface area contributed by atoms with E-state index < -0.39 is 30.7 Å². The van der Waals surface area contributed by atoms with E-state index >= 15 is 0 Å². The second-order valence-electron chi connectivity index (χ2n) is 5.82. The Morgan fingerprint density at radius 1 is 1.00 bits per heavy atom. The topological polar surface area (TPSA) is 105 Å². The fourth-order valence-electron chi connectivity index (χ4n) is 2.48. The predicted octanol–water partition coefficient (Wildman–Crippen LogP) is 0.734. The third-order valence-corrected chi connectivity index (χ3v) is 3.89. The van der Waals surface area contributed by atoms with Gasteiger partial charge in [-0.25, -0.2) is 0 Å². The lowest BCUT2D eigenvalue weighted by Gasteiger charge is -2.39. The molecule has 0 radical (unpaired) electrons. The van der Waals surface area contributed by atoms with E-state index in [1.54, 1.807) is 6.92 Å². The lowest BCUT2D eigenvalue weighted by atomic mass is 9.99. The minimum absolute atomic E-state index is 0.178. The molecule has 0 aromatic carbocycles. The van der Waals surface area contributed by atoms with Gasteiger partial charge in [0.1, 0.15) is 31.0 Å². The van der Waals surface area contributed by atoms with Crippen LogP contribution in [0.1, 0.15) is 52.4 Å². The number of hydrogen-bond donors (Lipinski definition) is 3. The molecule has 3 N–H and O–H groups in total. The van der Waals surface area contributed by atoms with E-state index in [0.717, 1.165) is 32.1 Å². The van der Waals surface area contributed by atoms with E-state index in [1.165, 1.54) is 0 Å². The molecule has 0 amide bonds. The van der Waals surface area contributed by atoms with E-state index in [9.17, 15) is 20.1 Å². The van der Waals surface area contributed by atoms with Crippen LogP contribution in [0.15, 0.2) is 0 Å². The molecule has 136 valence electrons. The van der Waals surface area contributed by atoms with Crippen molar-refractivity contribution < 1.29 is 34.3 Å². The van der Waals surface area contributed by atoms with Crippen molar-refractivity contribution in [2.45, 2.75) is 83.1 Å². The minimum atomic E-state index is -1.40. The van der Waals surface area contributed by atoms with E-state index in [1.807, 2.05) is 0 Å². The van der Waals surface area contributed by atoms with Crippen molar-refractivity contribution in [2.24, 2.45) is 0 Å². The summed E-state index contributed by atoms with van der Waals surface area (Å²) >= 11 is 0. The van der Waals surface area contributed by atoms with Crippen LogP contribution in [0.3, 0.4) is 0 Å². The van der Waals surface area contributed by atoms with E-state index in [4.69, 9.17) is 14.2 Å². The summed E-state index contributed by atoms with van der Waals surface area (Å²) in [5.74, 6) is -0.356. The third-order valence-electron chi connectivity index (χ3n) is 3.89. The molecule has 0 spiro atoms. The summed E-state index contributed by atoms with van der Waals surface area (Å²) in [5.41, 5.74) is 0. The molecule has 1 rings (SSSR count).